The Labute approximate surface area is 82.1 Å². The molecule has 0 aromatic heterocycles. The quantitative estimate of drug-likeness (QED) is 0.732. The number of hydrogen-bond donors (Lipinski definition) is 2. The minimum atomic E-state index is -0.505. The van der Waals surface area contributed by atoms with Gasteiger partial charge in [-0.25, -0.2) is 0 Å². The van der Waals surface area contributed by atoms with Crippen molar-refractivity contribution in [2.45, 2.75) is 13.0 Å². The van der Waals surface area contributed by atoms with Crippen molar-refractivity contribution in [3.63, 3.8) is 0 Å². The van der Waals surface area contributed by atoms with E-state index in [-0.39, 0.29) is 6.61 Å². The minimum absolute atomic E-state index is 0.228. The number of nitrogens with two attached hydrogens (primary N) is 1. The maximum Gasteiger partial charge on any atom is 0.142 e. The van der Waals surface area contributed by atoms with Gasteiger partial charge in [0.25, 0.3) is 0 Å². The van der Waals surface area contributed by atoms with E-state index >= 15 is 0 Å². The Bertz CT molecular complexity index is 289. The van der Waals surface area contributed by atoms with E-state index in [1.807, 2.05) is 0 Å². The van der Waals surface area contributed by atoms with Crippen LogP contribution < -0.4 is 10.5 Å². The second-order valence-electron chi connectivity index (χ2n) is 2.84. The Morgan fingerprint density at radius 3 is 2.85 bits per heavy atom. The smallest absolute Gasteiger partial charge is 0.142 e. The second-order valence-corrected chi connectivity index (χ2v) is 3.28. The topological polar surface area (TPSA) is 55.5 Å². The van der Waals surface area contributed by atoms with E-state index in [9.17, 15) is 0 Å². The summed E-state index contributed by atoms with van der Waals surface area (Å²) >= 11 is 5.69. The van der Waals surface area contributed by atoms with E-state index in [0.29, 0.717) is 16.5 Å². The van der Waals surface area contributed by atoms with E-state index in [0.717, 1.165) is 0 Å². The van der Waals surface area contributed by atoms with Gasteiger partial charge in [0.2, 0.25) is 0 Å². The third kappa shape index (κ3) is 3.13. The van der Waals surface area contributed by atoms with E-state index in [1.165, 1.54) is 0 Å². The summed E-state index contributed by atoms with van der Waals surface area (Å²) in [5.74, 6) is 0.547. The molecule has 0 spiro atoms. The Morgan fingerprint density at radius 1 is 1.62 bits per heavy atom. The van der Waals surface area contributed by atoms with Gasteiger partial charge in [-0.1, -0.05) is 11.6 Å². The number of ether oxygens (including phenoxy) is 1. The highest BCUT2D eigenvalue weighted by Gasteiger charge is 2.02. The number of aliphatic hydroxyl groups is 1. The second kappa shape index (κ2) is 4.35. The van der Waals surface area contributed by atoms with Crippen molar-refractivity contribution in [2.24, 2.45) is 0 Å². The van der Waals surface area contributed by atoms with Crippen molar-refractivity contribution in [3.8, 4) is 5.75 Å². The number of hydrogen-bond acceptors (Lipinski definition) is 3. The van der Waals surface area contributed by atoms with Crippen LogP contribution in [0.5, 0.6) is 5.75 Å². The van der Waals surface area contributed by atoms with E-state index in [2.05, 4.69) is 0 Å². The first-order chi connectivity index (χ1) is 6.09. The van der Waals surface area contributed by atoms with E-state index in [1.54, 1.807) is 25.1 Å². The van der Waals surface area contributed by atoms with Gasteiger partial charge in [-0.3, -0.25) is 0 Å². The molecule has 72 valence electrons. The number of aliphatic hydroxyl groups excluding tert-OH is 1. The van der Waals surface area contributed by atoms with Crippen LogP contribution in [0.1, 0.15) is 6.92 Å². The molecular formula is C9H12ClNO2. The van der Waals surface area contributed by atoms with Crippen LogP contribution in [-0.4, -0.2) is 17.8 Å². The molecule has 13 heavy (non-hydrogen) atoms. The zero-order chi connectivity index (χ0) is 9.84. The van der Waals surface area contributed by atoms with Gasteiger partial charge >= 0.3 is 0 Å². The molecule has 0 amide bonds. The molecule has 0 heterocycles. The van der Waals surface area contributed by atoms with Gasteiger partial charge in [-0.05, 0) is 25.1 Å². The molecule has 1 unspecified atom stereocenters. The Balaban J connectivity index is 2.67. The fourth-order valence-electron chi connectivity index (χ4n) is 0.861. The first-order valence-corrected chi connectivity index (χ1v) is 4.33. The van der Waals surface area contributed by atoms with Crippen LogP contribution in [0.4, 0.5) is 5.69 Å². The number of anilines is 1. The first-order valence-electron chi connectivity index (χ1n) is 3.95. The summed E-state index contributed by atoms with van der Waals surface area (Å²) < 4.78 is 5.22. The van der Waals surface area contributed by atoms with E-state index in [4.69, 9.17) is 27.2 Å². The molecule has 1 aromatic rings. The van der Waals surface area contributed by atoms with Crippen molar-refractivity contribution in [1.82, 2.24) is 0 Å². The van der Waals surface area contributed by atoms with Crippen LogP contribution in [-0.2, 0) is 0 Å². The van der Waals surface area contributed by atoms with E-state index < -0.39 is 6.10 Å². The van der Waals surface area contributed by atoms with Gasteiger partial charge in [0.05, 0.1) is 11.8 Å². The van der Waals surface area contributed by atoms with Gasteiger partial charge in [0.1, 0.15) is 12.4 Å². The zero-order valence-corrected chi connectivity index (χ0v) is 8.08. The fourth-order valence-corrected chi connectivity index (χ4v) is 1.04. The summed E-state index contributed by atoms with van der Waals surface area (Å²) in [5.41, 5.74) is 6.10. The highest BCUT2D eigenvalue weighted by Crippen LogP contribution is 2.24. The van der Waals surface area contributed by atoms with Crippen LogP contribution in [0, 0.1) is 0 Å². The van der Waals surface area contributed by atoms with Gasteiger partial charge in [0.15, 0.2) is 0 Å². The number of rotatable bonds is 3. The molecule has 1 rings (SSSR count). The first kappa shape index (κ1) is 10.2. The van der Waals surface area contributed by atoms with Gasteiger partial charge in [-0.2, -0.15) is 0 Å². The number of halogens is 1. The summed E-state index contributed by atoms with van der Waals surface area (Å²) in [5, 5.41) is 9.54. The molecule has 0 aliphatic heterocycles. The molecule has 0 saturated carbocycles. The standard InChI is InChI=1S/C9H12ClNO2/c1-6(12)5-13-9-3-2-7(10)4-8(9)11/h2-4,6,12H,5,11H2,1H3. The van der Waals surface area contributed by atoms with Crippen LogP contribution in [0.2, 0.25) is 5.02 Å². The lowest BCUT2D eigenvalue weighted by Gasteiger charge is -2.10. The highest BCUT2D eigenvalue weighted by atomic mass is 35.5. The zero-order valence-electron chi connectivity index (χ0n) is 7.33. The lowest BCUT2D eigenvalue weighted by molar-refractivity contribution is 0.123. The summed E-state index contributed by atoms with van der Waals surface area (Å²) in [6.45, 7) is 1.87. The molecule has 1 atom stereocenters. The predicted octanol–water partition coefficient (Wildman–Crippen LogP) is 1.68. The van der Waals surface area contributed by atoms with Crippen molar-refractivity contribution in [1.29, 1.82) is 0 Å². The summed E-state index contributed by atoms with van der Waals surface area (Å²) in [4.78, 5) is 0. The van der Waals surface area contributed by atoms with Gasteiger partial charge in [-0.15, -0.1) is 0 Å². The van der Waals surface area contributed by atoms with Gasteiger partial charge < -0.3 is 15.6 Å². The molecule has 0 saturated heterocycles. The predicted molar refractivity (Wildman–Crippen MR) is 53.0 cm³/mol. The molecule has 0 aliphatic rings. The molecule has 0 aliphatic carbocycles. The number of benzene rings is 1. The monoisotopic (exact) mass is 201 g/mol. The molecule has 0 fully saturated rings. The Hall–Kier alpha value is -0.930. The minimum Gasteiger partial charge on any atom is -0.489 e. The molecule has 3 nitrogen and oxygen atoms in total. The summed E-state index contributed by atoms with van der Waals surface area (Å²) in [7, 11) is 0. The highest BCUT2D eigenvalue weighted by molar-refractivity contribution is 6.30. The van der Waals surface area contributed by atoms with Crippen molar-refractivity contribution < 1.29 is 9.84 Å². The SMILES string of the molecule is CC(O)COc1ccc(Cl)cc1N. The molecule has 0 radical (unpaired) electrons. The summed E-state index contributed by atoms with van der Waals surface area (Å²) in [6, 6.07) is 4.98. The number of nitrogen functional groups attached to an aromatic ring is 1. The van der Waals surface area contributed by atoms with Crippen LogP contribution in [0.25, 0.3) is 0 Å². The van der Waals surface area contributed by atoms with Crippen LogP contribution >= 0.6 is 11.6 Å². The third-order valence-electron chi connectivity index (χ3n) is 1.45. The molecule has 4 heteroatoms. The largest absolute Gasteiger partial charge is 0.489 e. The average molecular weight is 202 g/mol. The maximum absolute atomic E-state index is 8.97. The Kier molecular flexibility index (Phi) is 3.39. The summed E-state index contributed by atoms with van der Waals surface area (Å²) in [6.07, 6.45) is -0.505. The molecule has 1 aromatic carbocycles. The third-order valence-corrected chi connectivity index (χ3v) is 1.69. The Morgan fingerprint density at radius 2 is 2.31 bits per heavy atom. The lowest BCUT2D eigenvalue weighted by atomic mass is 10.3. The van der Waals surface area contributed by atoms with Crippen molar-refractivity contribution in [2.75, 3.05) is 12.3 Å². The normalized spacial score (nSPS) is 12.5. The average Bonchev–Trinajstić information content (AvgIpc) is 2.02. The fraction of sp³-hybridized carbons (Fsp3) is 0.333. The van der Waals surface area contributed by atoms with Crippen molar-refractivity contribution >= 4 is 17.3 Å². The van der Waals surface area contributed by atoms with Crippen LogP contribution in [0.3, 0.4) is 0 Å². The molecule has 0 bridgehead atoms. The molecular weight excluding hydrogens is 190 g/mol. The lowest BCUT2D eigenvalue weighted by Crippen LogP contribution is -2.13. The van der Waals surface area contributed by atoms with Gasteiger partial charge in [0, 0.05) is 5.02 Å². The van der Waals surface area contributed by atoms with Crippen molar-refractivity contribution in [3.05, 3.63) is 23.2 Å². The van der Waals surface area contributed by atoms with Crippen LogP contribution in [0.15, 0.2) is 18.2 Å². The maximum atomic E-state index is 8.97. The molecule has 3 N–H and O–H groups in total.